The third-order valence-corrected chi connectivity index (χ3v) is 3.57. The van der Waals surface area contributed by atoms with Crippen LogP contribution in [0.5, 0.6) is 5.75 Å². The number of benzene rings is 2. The van der Waals surface area contributed by atoms with Gasteiger partial charge in [-0.1, -0.05) is 29.8 Å². The summed E-state index contributed by atoms with van der Waals surface area (Å²) in [7, 11) is 3.72. The summed E-state index contributed by atoms with van der Waals surface area (Å²) in [4.78, 5) is 0. The maximum Gasteiger partial charge on any atom is 0.127 e. The minimum atomic E-state index is 0.853. The summed E-state index contributed by atoms with van der Waals surface area (Å²) < 4.78 is 5.61. The molecule has 0 amide bonds. The first-order chi connectivity index (χ1) is 9.56. The first-order valence-electron chi connectivity index (χ1n) is 6.96. The van der Waals surface area contributed by atoms with Crippen molar-refractivity contribution in [2.75, 3.05) is 14.2 Å². The highest BCUT2D eigenvalue weighted by atomic mass is 16.5. The van der Waals surface area contributed by atoms with Gasteiger partial charge < -0.3 is 10.1 Å². The van der Waals surface area contributed by atoms with E-state index in [4.69, 9.17) is 4.74 Å². The van der Waals surface area contributed by atoms with Crippen LogP contribution in [0.2, 0.25) is 0 Å². The minimum absolute atomic E-state index is 0.853. The Morgan fingerprint density at radius 2 is 1.75 bits per heavy atom. The van der Waals surface area contributed by atoms with E-state index < -0.39 is 0 Å². The zero-order valence-electron chi connectivity index (χ0n) is 13.0. The van der Waals surface area contributed by atoms with E-state index in [9.17, 15) is 0 Å². The summed E-state index contributed by atoms with van der Waals surface area (Å²) in [5.74, 6) is 0.949. The van der Waals surface area contributed by atoms with Gasteiger partial charge in [-0.3, -0.25) is 0 Å². The van der Waals surface area contributed by atoms with Crippen molar-refractivity contribution in [3.8, 4) is 16.9 Å². The lowest BCUT2D eigenvalue weighted by Crippen LogP contribution is -2.07. The fourth-order valence-electron chi connectivity index (χ4n) is 2.70. The smallest absolute Gasteiger partial charge is 0.127 e. The molecule has 0 saturated carbocycles. The van der Waals surface area contributed by atoms with E-state index >= 15 is 0 Å². The van der Waals surface area contributed by atoms with Crippen LogP contribution in [0.15, 0.2) is 30.3 Å². The van der Waals surface area contributed by atoms with Crippen molar-refractivity contribution in [1.82, 2.24) is 5.32 Å². The van der Waals surface area contributed by atoms with Crippen molar-refractivity contribution < 1.29 is 4.74 Å². The molecule has 0 spiro atoms. The van der Waals surface area contributed by atoms with E-state index in [1.165, 1.54) is 33.4 Å². The van der Waals surface area contributed by atoms with Crippen LogP contribution >= 0.6 is 0 Å². The summed E-state index contributed by atoms with van der Waals surface area (Å²) in [5, 5.41) is 3.24. The van der Waals surface area contributed by atoms with Crippen LogP contribution in [0.3, 0.4) is 0 Å². The Hall–Kier alpha value is -1.80. The number of hydrogen-bond donors (Lipinski definition) is 1. The molecule has 0 aliphatic heterocycles. The van der Waals surface area contributed by atoms with Gasteiger partial charge in [0.25, 0.3) is 0 Å². The van der Waals surface area contributed by atoms with Gasteiger partial charge in [0.15, 0.2) is 0 Å². The molecule has 106 valence electrons. The molecule has 2 aromatic rings. The number of rotatable bonds is 4. The number of hydrogen-bond acceptors (Lipinski definition) is 2. The molecule has 2 rings (SSSR count). The number of ether oxygens (including phenoxy) is 1. The lowest BCUT2D eigenvalue weighted by atomic mass is 9.92. The highest BCUT2D eigenvalue weighted by Crippen LogP contribution is 2.36. The maximum atomic E-state index is 5.61. The van der Waals surface area contributed by atoms with Crippen LogP contribution < -0.4 is 10.1 Å². The molecular weight excluding hydrogens is 246 g/mol. The molecule has 0 unspecified atom stereocenters. The Bertz CT molecular complexity index is 617. The summed E-state index contributed by atoms with van der Waals surface area (Å²) in [5.41, 5.74) is 7.50. The van der Waals surface area contributed by atoms with Gasteiger partial charge in [0.1, 0.15) is 5.75 Å². The fourth-order valence-corrected chi connectivity index (χ4v) is 2.70. The standard InChI is InChI=1S/C18H23NO/c1-12-6-7-15(11-19-4)16(9-12)18-14(3)8-13(2)10-17(18)20-5/h6-10,19H,11H2,1-5H3. The summed E-state index contributed by atoms with van der Waals surface area (Å²) in [6, 6.07) is 10.9. The molecule has 2 heteroatoms. The zero-order valence-corrected chi connectivity index (χ0v) is 13.0. The summed E-state index contributed by atoms with van der Waals surface area (Å²) >= 11 is 0. The molecule has 0 atom stereocenters. The van der Waals surface area contributed by atoms with Crippen molar-refractivity contribution in [2.45, 2.75) is 27.3 Å². The molecule has 20 heavy (non-hydrogen) atoms. The van der Waals surface area contributed by atoms with E-state index in [0.29, 0.717) is 0 Å². The average molecular weight is 269 g/mol. The van der Waals surface area contributed by atoms with Crippen LogP contribution in [-0.2, 0) is 6.54 Å². The zero-order chi connectivity index (χ0) is 14.7. The van der Waals surface area contributed by atoms with Gasteiger partial charge in [-0.15, -0.1) is 0 Å². The van der Waals surface area contributed by atoms with Gasteiger partial charge in [-0.05, 0) is 56.1 Å². The second-order valence-corrected chi connectivity index (χ2v) is 5.35. The molecule has 0 heterocycles. The van der Waals surface area contributed by atoms with Crippen molar-refractivity contribution in [3.63, 3.8) is 0 Å². The topological polar surface area (TPSA) is 21.3 Å². The quantitative estimate of drug-likeness (QED) is 0.905. The van der Waals surface area contributed by atoms with E-state index in [0.717, 1.165) is 12.3 Å². The van der Waals surface area contributed by atoms with E-state index in [1.54, 1.807) is 7.11 Å². The minimum Gasteiger partial charge on any atom is -0.496 e. The van der Waals surface area contributed by atoms with Crippen molar-refractivity contribution >= 4 is 0 Å². The van der Waals surface area contributed by atoms with Gasteiger partial charge in [0.05, 0.1) is 7.11 Å². The van der Waals surface area contributed by atoms with Crippen LogP contribution in [0.4, 0.5) is 0 Å². The third-order valence-electron chi connectivity index (χ3n) is 3.57. The van der Waals surface area contributed by atoms with Gasteiger partial charge in [0, 0.05) is 12.1 Å². The van der Waals surface area contributed by atoms with Gasteiger partial charge in [-0.2, -0.15) is 0 Å². The second kappa shape index (κ2) is 6.10. The van der Waals surface area contributed by atoms with Crippen LogP contribution in [-0.4, -0.2) is 14.2 Å². The fraction of sp³-hybridized carbons (Fsp3) is 0.333. The van der Waals surface area contributed by atoms with Crippen molar-refractivity contribution in [3.05, 3.63) is 52.6 Å². The molecule has 2 nitrogen and oxygen atoms in total. The highest BCUT2D eigenvalue weighted by molar-refractivity contribution is 5.77. The Labute approximate surface area is 121 Å². The third kappa shape index (κ3) is 2.86. The second-order valence-electron chi connectivity index (χ2n) is 5.35. The van der Waals surface area contributed by atoms with Gasteiger partial charge in [-0.25, -0.2) is 0 Å². The molecule has 0 aliphatic rings. The van der Waals surface area contributed by atoms with Gasteiger partial charge in [0.2, 0.25) is 0 Å². The first-order valence-corrected chi connectivity index (χ1v) is 6.96. The Morgan fingerprint density at radius 1 is 1.00 bits per heavy atom. The molecule has 2 aromatic carbocycles. The summed E-state index contributed by atoms with van der Waals surface area (Å²) in [6.07, 6.45) is 0. The lowest BCUT2D eigenvalue weighted by molar-refractivity contribution is 0.416. The van der Waals surface area contributed by atoms with E-state index in [-0.39, 0.29) is 0 Å². The van der Waals surface area contributed by atoms with Crippen molar-refractivity contribution in [1.29, 1.82) is 0 Å². The number of nitrogens with one attached hydrogen (secondary N) is 1. The molecule has 0 bridgehead atoms. The maximum absolute atomic E-state index is 5.61. The molecule has 0 aromatic heterocycles. The highest BCUT2D eigenvalue weighted by Gasteiger charge is 2.13. The van der Waals surface area contributed by atoms with Gasteiger partial charge >= 0.3 is 0 Å². The van der Waals surface area contributed by atoms with E-state index in [1.807, 2.05) is 7.05 Å². The Balaban J connectivity index is 2.70. The number of methoxy groups -OCH3 is 1. The molecule has 0 fully saturated rings. The Morgan fingerprint density at radius 3 is 2.40 bits per heavy atom. The molecule has 0 saturated heterocycles. The largest absolute Gasteiger partial charge is 0.496 e. The normalized spacial score (nSPS) is 10.7. The molecule has 0 aliphatic carbocycles. The average Bonchev–Trinajstić information content (AvgIpc) is 2.40. The molecule has 0 radical (unpaired) electrons. The molecular formula is C18H23NO. The predicted molar refractivity (Wildman–Crippen MR) is 85.4 cm³/mol. The van der Waals surface area contributed by atoms with Crippen molar-refractivity contribution in [2.24, 2.45) is 0 Å². The SMILES string of the molecule is CNCc1ccc(C)cc1-c1c(C)cc(C)cc1OC. The first kappa shape index (κ1) is 14.6. The molecule has 1 N–H and O–H groups in total. The monoisotopic (exact) mass is 269 g/mol. The van der Waals surface area contributed by atoms with Crippen LogP contribution in [0.1, 0.15) is 22.3 Å². The predicted octanol–water partition coefficient (Wildman–Crippen LogP) is 4.01. The van der Waals surface area contributed by atoms with Crippen LogP contribution in [0.25, 0.3) is 11.1 Å². The van der Waals surface area contributed by atoms with E-state index in [2.05, 4.69) is 56.4 Å². The number of aryl methyl sites for hydroxylation is 3. The summed E-state index contributed by atoms with van der Waals surface area (Å²) in [6.45, 7) is 7.23. The Kier molecular flexibility index (Phi) is 4.46. The lowest BCUT2D eigenvalue weighted by Gasteiger charge is -2.17. The van der Waals surface area contributed by atoms with Crippen LogP contribution in [0, 0.1) is 20.8 Å².